The Hall–Kier alpha value is 0.259. The third kappa shape index (κ3) is 2.90. The molecule has 58 valence electrons. The molecule has 0 saturated heterocycles. The van der Waals surface area contributed by atoms with Gasteiger partial charge in [0.05, 0.1) is 0 Å². The zero-order chi connectivity index (χ0) is 7.23. The molecule has 0 bridgehead atoms. The van der Waals surface area contributed by atoms with Crippen LogP contribution in [-0.4, -0.2) is 15.0 Å². The maximum atomic E-state index is 2.44. The Kier molecular flexibility index (Phi) is 4.16. The Bertz CT molecular complexity index is 101. The van der Waals surface area contributed by atoms with Crippen molar-refractivity contribution < 1.29 is 0 Å². The first-order valence-electron chi connectivity index (χ1n) is 4.13. The second-order valence-electron chi connectivity index (χ2n) is 2.96. The van der Waals surface area contributed by atoms with Crippen molar-refractivity contribution in [1.82, 2.24) is 0 Å². The van der Waals surface area contributed by atoms with Crippen LogP contribution in [0.5, 0.6) is 0 Å². The predicted octanol–water partition coefficient (Wildman–Crippen LogP) is 2.83. The molecule has 1 rings (SSSR count). The van der Waals surface area contributed by atoms with Crippen molar-refractivity contribution in [3.05, 3.63) is 11.1 Å². The molecule has 0 amide bonds. The van der Waals surface area contributed by atoms with Crippen molar-refractivity contribution >= 4 is 15.0 Å². The molecule has 0 aliphatic heterocycles. The van der Waals surface area contributed by atoms with Gasteiger partial charge >= 0.3 is 69.9 Å². The Balaban J connectivity index is 2.19. The number of allylic oxidation sites excluding steroid dienone is 1. The van der Waals surface area contributed by atoms with Crippen LogP contribution in [0.4, 0.5) is 0 Å². The van der Waals surface area contributed by atoms with Gasteiger partial charge in [0.15, 0.2) is 0 Å². The number of hydrogen-bond acceptors (Lipinski definition) is 0. The van der Waals surface area contributed by atoms with E-state index >= 15 is 0 Å². The van der Waals surface area contributed by atoms with E-state index in [0.717, 1.165) is 20.9 Å². The van der Waals surface area contributed by atoms with Gasteiger partial charge in [-0.1, -0.05) is 0 Å². The van der Waals surface area contributed by atoms with E-state index in [9.17, 15) is 0 Å². The average Bonchev–Trinajstić information content (AvgIpc) is 2.03. The van der Waals surface area contributed by atoms with Gasteiger partial charge in [-0.15, -0.1) is 0 Å². The standard InChI is InChI=1S/C9H16Se/c1-10-8-7-9-5-3-2-4-6-9/h7-9H,2-6H2,1H3/b8-7+. The molecule has 0 radical (unpaired) electrons. The minimum absolute atomic E-state index is 0.747. The molecule has 0 aromatic heterocycles. The van der Waals surface area contributed by atoms with Crippen molar-refractivity contribution in [3.63, 3.8) is 0 Å². The fourth-order valence-corrected chi connectivity index (χ4v) is 2.31. The van der Waals surface area contributed by atoms with Gasteiger partial charge in [0.1, 0.15) is 0 Å². The molecular weight excluding hydrogens is 187 g/mol. The molecule has 1 aliphatic carbocycles. The molecule has 0 nitrogen and oxygen atoms in total. The van der Waals surface area contributed by atoms with Crippen LogP contribution >= 0.6 is 0 Å². The summed E-state index contributed by atoms with van der Waals surface area (Å²) in [7, 11) is 0. The first-order valence-corrected chi connectivity index (χ1v) is 6.83. The molecule has 0 unspecified atom stereocenters. The zero-order valence-corrected chi connectivity index (χ0v) is 8.39. The van der Waals surface area contributed by atoms with Gasteiger partial charge in [0.2, 0.25) is 0 Å². The van der Waals surface area contributed by atoms with Gasteiger partial charge in [-0.05, 0) is 0 Å². The van der Waals surface area contributed by atoms with E-state index in [1.165, 1.54) is 32.1 Å². The van der Waals surface area contributed by atoms with Crippen molar-refractivity contribution in [2.24, 2.45) is 5.92 Å². The van der Waals surface area contributed by atoms with Gasteiger partial charge in [-0.2, -0.15) is 0 Å². The third-order valence-corrected chi connectivity index (χ3v) is 3.04. The van der Waals surface area contributed by atoms with E-state index in [0.29, 0.717) is 0 Å². The van der Waals surface area contributed by atoms with Crippen molar-refractivity contribution in [1.29, 1.82) is 0 Å². The van der Waals surface area contributed by atoms with E-state index in [4.69, 9.17) is 0 Å². The van der Waals surface area contributed by atoms with Crippen molar-refractivity contribution in [2.45, 2.75) is 37.9 Å². The van der Waals surface area contributed by atoms with E-state index < -0.39 is 0 Å². The quantitative estimate of drug-likeness (QED) is 0.605. The summed E-state index contributed by atoms with van der Waals surface area (Å²) in [5, 5.41) is 0. The van der Waals surface area contributed by atoms with Crippen molar-refractivity contribution in [2.75, 3.05) is 0 Å². The average molecular weight is 203 g/mol. The minimum atomic E-state index is 0.747. The van der Waals surface area contributed by atoms with Crippen LogP contribution in [0.25, 0.3) is 0 Å². The first-order chi connectivity index (χ1) is 4.93. The molecule has 0 spiro atoms. The van der Waals surface area contributed by atoms with Crippen LogP contribution in [-0.2, 0) is 0 Å². The summed E-state index contributed by atoms with van der Waals surface area (Å²) in [4.78, 5) is 2.38. The molecule has 1 fully saturated rings. The van der Waals surface area contributed by atoms with E-state index in [1.54, 1.807) is 0 Å². The summed E-state index contributed by atoms with van der Waals surface area (Å²) in [5.74, 6) is 3.21. The van der Waals surface area contributed by atoms with Gasteiger partial charge in [-0.3, -0.25) is 0 Å². The first kappa shape index (κ1) is 8.36. The second kappa shape index (κ2) is 4.98. The predicted molar refractivity (Wildman–Crippen MR) is 47.3 cm³/mol. The zero-order valence-electron chi connectivity index (χ0n) is 6.68. The normalized spacial score (nSPS) is 22.1. The maximum absolute atomic E-state index is 2.44. The topological polar surface area (TPSA) is 0 Å². The number of rotatable bonds is 2. The van der Waals surface area contributed by atoms with Gasteiger partial charge in [-0.25, -0.2) is 0 Å². The Labute approximate surface area is 70.2 Å². The van der Waals surface area contributed by atoms with E-state index in [1.807, 2.05) is 0 Å². The molecular formula is C9H16Se. The fraction of sp³-hybridized carbons (Fsp3) is 0.778. The summed E-state index contributed by atoms with van der Waals surface area (Å²) in [6, 6.07) is 0. The Morgan fingerprint density at radius 1 is 1.20 bits per heavy atom. The SMILES string of the molecule is C[Se]/C=C/C1CCCCC1. The van der Waals surface area contributed by atoms with E-state index in [-0.39, 0.29) is 0 Å². The molecule has 0 N–H and O–H groups in total. The molecule has 0 atom stereocenters. The van der Waals surface area contributed by atoms with Gasteiger partial charge < -0.3 is 0 Å². The number of hydrogen-bond donors (Lipinski definition) is 0. The summed E-state index contributed by atoms with van der Waals surface area (Å²) in [6.45, 7) is 0. The van der Waals surface area contributed by atoms with Gasteiger partial charge in [0.25, 0.3) is 0 Å². The molecule has 0 aromatic carbocycles. The summed E-state index contributed by atoms with van der Waals surface area (Å²) in [5.41, 5.74) is 0. The van der Waals surface area contributed by atoms with Crippen LogP contribution < -0.4 is 0 Å². The van der Waals surface area contributed by atoms with Crippen LogP contribution in [0.2, 0.25) is 5.82 Å². The molecule has 1 heteroatoms. The summed E-state index contributed by atoms with van der Waals surface area (Å²) < 4.78 is 0. The second-order valence-corrected chi connectivity index (χ2v) is 4.52. The molecule has 10 heavy (non-hydrogen) atoms. The van der Waals surface area contributed by atoms with E-state index in [2.05, 4.69) is 16.9 Å². The Morgan fingerprint density at radius 3 is 2.50 bits per heavy atom. The van der Waals surface area contributed by atoms with Crippen LogP contribution in [0.1, 0.15) is 32.1 Å². The van der Waals surface area contributed by atoms with Crippen LogP contribution in [0, 0.1) is 5.92 Å². The third-order valence-electron chi connectivity index (χ3n) is 2.14. The summed E-state index contributed by atoms with van der Waals surface area (Å²) >= 11 is 0.747. The Morgan fingerprint density at radius 2 is 1.90 bits per heavy atom. The molecule has 0 aromatic rings. The van der Waals surface area contributed by atoms with Crippen LogP contribution in [0.3, 0.4) is 0 Å². The molecule has 0 heterocycles. The monoisotopic (exact) mass is 204 g/mol. The molecule has 1 aliphatic rings. The fourth-order valence-electron chi connectivity index (χ4n) is 1.52. The van der Waals surface area contributed by atoms with Gasteiger partial charge in [0, 0.05) is 0 Å². The summed E-state index contributed by atoms with van der Waals surface area (Å²) in [6.07, 6.45) is 9.75. The molecule has 1 saturated carbocycles. The van der Waals surface area contributed by atoms with Crippen molar-refractivity contribution in [3.8, 4) is 0 Å². The van der Waals surface area contributed by atoms with Crippen LogP contribution in [0.15, 0.2) is 11.1 Å².